The topological polar surface area (TPSA) is 148 Å². The molecule has 0 radical (unpaired) electrons. The van der Waals surface area contributed by atoms with Gasteiger partial charge in [0.1, 0.15) is 0 Å². The highest BCUT2D eigenvalue weighted by Crippen LogP contribution is 2.32. The van der Waals surface area contributed by atoms with Crippen LogP contribution in [0.15, 0.2) is 59.3 Å². The van der Waals surface area contributed by atoms with Crippen LogP contribution in [0.2, 0.25) is 10.0 Å². The van der Waals surface area contributed by atoms with E-state index in [0.29, 0.717) is 29.1 Å². The first-order valence-corrected chi connectivity index (χ1v) is 12.0. The third kappa shape index (κ3) is 6.97. The summed E-state index contributed by atoms with van der Waals surface area (Å²) < 4.78 is 1.83. The number of hydrogen-bond acceptors (Lipinski definition) is 9. The van der Waals surface area contributed by atoms with Gasteiger partial charge in [0.05, 0.1) is 22.9 Å². The van der Waals surface area contributed by atoms with Gasteiger partial charge in [-0.2, -0.15) is 5.10 Å². The summed E-state index contributed by atoms with van der Waals surface area (Å²) in [5.74, 6) is -0.417. The van der Waals surface area contributed by atoms with Gasteiger partial charge < -0.3 is 15.0 Å². The van der Waals surface area contributed by atoms with E-state index in [1.807, 2.05) is 16.7 Å². The van der Waals surface area contributed by atoms with E-state index in [0.717, 1.165) is 18.0 Å². The second-order valence-electron chi connectivity index (χ2n) is 7.27. The number of benzene rings is 2. The zero-order valence-electron chi connectivity index (χ0n) is 18.9. The van der Waals surface area contributed by atoms with Crippen molar-refractivity contribution in [1.82, 2.24) is 20.2 Å². The highest BCUT2D eigenvalue weighted by atomic mass is 35.5. The Kier molecular flexibility index (Phi) is 9.28. The minimum Gasteiger partial charge on any atom is -0.502 e. The van der Waals surface area contributed by atoms with E-state index in [-0.39, 0.29) is 10.6 Å². The summed E-state index contributed by atoms with van der Waals surface area (Å²) >= 11 is 12.9. The molecule has 2 aromatic carbocycles. The maximum absolute atomic E-state index is 12.5. The smallest absolute Gasteiger partial charge is 0.312 e. The molecule has 1 atom stereocenters. The van der Waals surface area contributed by atoms with Gasteiger partial charge in [0.25, 0.3) is 5.91 Å². The van der Waals surface area contributed by atoms with E-state index in [1.54, 1.807) is 25.1 Å². The van der Waals surface area contributed by atoms with Crippen LogP contribution in [0.5, 0.6) is 5.75 Å². The Labute approximate surface area is 220 Å². The Morgan fingerprint density at radius 3 is 2.69 bits per heavy atom. The lowest BCUT2D eigenvalue weighted by molar-refractivity contribution is -0.385. The van der Waals surface area contributed by atoms with Gasteiger partial charge in [0.15, 0.2) is 11.0 Å². The number of carbonyl (C=O) groups is 1. The number of amides is 1. The molecular formula is C22H21Cl2N7O4S. The number of nitrogens with zero attached hydrogens (tertiary/aromatic N) is 5. The Bertz CT molecular complexity index is 1300. The molecule has 3 aromatic rings. The number of hydrazone groups is 1. The van der Waals surface area contributed by atoms with Crippen molar-refractivity contribution in [2.24, 2.45) is 5.10 Å². The number of rotatable bonds is 11. The number of carbonyl (C=O) groups excluding carboxylic acids is 1. The molecule has 0 bridgehead atoms. The molecule has 3 rings (SSSR count). The average molecular weight is 550 g/mol. The summed E-state index contributed by atoms with van der Waals surface area (Å²) in [6, 6.07) is 9.55. The molecule has 1 amide bonds. The Hall–Kier alpha value is -3.61. The monoisotopic (exact) mass is 549 g/mol. The van der Waals surface area contributed by atoms with Gasteiger partial charge in [-0.15, -0.1) is 16.8 Å². The average Bonchev–Trinajstić information content (AvgIpc) is 3.21. The van der Waals surface area contributed by atoms with Crippen LogP contribution >= 0.6 is 35.0 Å². The van der Waals surface area contributed by atoms with Crippen molar-refractivity contribution in [3.05, 3.63) is 80.6 Å². The third-order valence-corrected chi connectivity index (χ3v) is 6.26. The SMILES string of the molecule is C=CCn1c(CNc2ccc(Cl)cc2)nnc1SC(C)C(=O)NN=Cc1cc(Cl)cc([N+](=O)[O-])c1O. The van der Waals surface area contributed by atoms with Crippen LogP contribution in [0, 0.1) is 10.1 Å². The number of phenols is 1. The minimum absolute atomic E-state index is 0.0154. The van der Waals surface area contributed by atoms with Gasteiger partial charge >= 0.3 is 5.69 Å². The van der Waals surface area contributed by atoms with Crippen LogP contribution in [0.4, 0.5) is 11.4 Å². The number of aromatic nitrogens is 3. The maximum atomic E-state index is 12.5. The van der Waals surface area contributed by atoms with Gasteiger partial charge in [-0.3, -0.25) is 14.9 Å². The van der Waals surface area contributed by atoms with Gasteiger partial charge in [-0.1, -0.05) is 41.0 Å². The molecule has 0 aliphatic carbocycles. The first kappa shape index (κ1) is 27.0. The fraction of sp³-hybridized carbons (Fsp3) is 0.182. The lowest BCUT2D eigenvalue weighted by atomic mass is 10.2. The van der Waals surface area contributed by atoms with Crippen molar-refractivity contribution in [3.8, 4) is 5.75 Å². The molecule has 0 aliphatic heterocycles. The number of allylic oxidation sites excluding steroid dienone is 1. The summed E-state index contributed by atoms with van der Waals surface area (Å²) in [6.45, 7) is 6.26. The van der Waals surface area contributed by atoms with E-state index in [9.17, 15) is 20.0 Å². The van der Waals surface area contributed by atoms with Crippen LogP contribution in [0.25, 0.3) is 0 Å². The Morgan fingerprint density at radius 2 is 2.03 bits per heavy atom. The molecule has 0 saturated heterocycles. The molecule has 3 N–H and O–H groups in total. The molecule has 188 valence electrons. The molecule has 11 nitrogen and oxygen atoms in total. The van der Waals surface area contributed by atoms with Crippen molar-refractivity contribution >= 4 is 58.5 Å². The lowest BCUT2D eigenvalue weighted by Gasteiger charge is -2.12. The van der Waals surface area contributed by atoms with Gasteiger partial charge in [-0.25, -0.2) is 5.43 Å². The van der Waals surface area contributed by atoms with Crippen molar-refractivity contribution in [2.45, 2.75) is 30.4 Å². The normalized spacial score (nSPS) is 11.9. The summed E-state index contributed by atoms with van der Waals surface area (Å²) in [6.07, 6.45) is 2.77. The molecule has 1 aromatic heterocycles. The third-order valence-electron chi connectivity index (χ3n) is 4.71. The minimum atomic E-state index is -0.769. The number of aromatic hydroxyl groups is 1. The standard InChI is InChI=1S/C22H21Cl2N7O4S/c1-3-8-30-19(12-25-17-6-4-15(23)5-7-17)27-29-22(30)36-13(2)21(33)28-26-11-14-9-16(24)10-18(20(14)32)31(34)35/h3-7,9-11,13,25,32H,1,8,12H2,2H3,(H,28,33). The Balaban J connectivity index is 1.64. The molecule has 14 heteroatoms. The zero-order chi connectivity index (χ0) is 26.2. The summed E-state index contributed by atoms with van der Waals surface area (Å²) in [5, 5.41) is 37.0. The van der Waals surface area contributed by atoms with Gasteiger partial charge in [-0.05, 0) is 37.3 Å². The molecule has 1 unspecified atom stereocenters. The van der Waals surface area contributed by atoms with Crippen LogP contribution in [0.1, 0.15) is 18.3 Å². The molecule has 0 saturated carbocycles. The van der Waals surface area contributed by atoms with Crippen LogP contribution in [-0.4, -0.2) is 42.2 Å². The van der Waals surface area contributed by atoms with E-state index in [4.69, 9.17) is 23.2 Å². The van der Waals surface area contributed by atoms with E-state index in [1.165, 1.54) is 17.8 Å². The number of nitro groups is 1. The molecule has 1 heterocycles. The van der Waals surface area contributed by atoms with Crippen LogP contribution in [-0.2, 0) is 17.9 Å². The molecule has 0 spiro atoms. The predicted octanol–water partition coefficient (Wildman–Crippen LogP) is 4.63. The predicted molar refractivity (Wildman–Crippen MR) is 140 cm³/mol. The first-order valence-electron chi connectivity index (χ1n) is 10.4. The largest absolute Gasteiger partial charge is 0.502 e. The highest BCUT2D eigenvalue weighted by molar-refractivity contribution is 8.00. The van der Waals surface area contributed by atoms with Gasteiger partial charge in [0.2, 0.25) is 5.75 Å². The summed E-state index contributed by atoms with van der Waals surface area (Å²) in [5.41, 5.74) is 2.62. The summed E-state index contributed by atoms with van der Waals surface area (Å²) in [7, 11) is 0. The van der Waals surface area contributed by atoms with E-state index < -0.39 is 27.5 Å². The number of hydrogen-bond donors (Lipinski definition) is 3. The highest BCUT2D eigenvalue weighted by Gasteiger charge is 2.20. The molecular weight excluding hydrogens is 529 g/mol. The summed E-state index contributed by atoms with van der Waals surface area (Å²) in [4.78, 5) is 22.8. The van der Waals surface area contributed by atoms with E-state index in [2.05, 4.69) is 32.6 Å². The van der Waals surface area contributed by atoms with Gasteiger partial charge in [0, 0.05) is 33.9 Å². The molecule has 36 heavy (non-hydrogen) atoms. The second-order valence-corrected chi connectivity index (χ2v) is 9.45. The first-order chi connectivity index (χ1) is 17.2. The van der Waals surface area contributed by atoms with E-state index >= 15 is 0 Å². The number of nitro benzene ring substituents is 1. The fourth-order valence-electron chi connectivity index (χ4n) is 2.91. The van der Waals surface area contributed by atoms with Crippen molar-refractivity contribution in [1.29, 1.82) is 0 Å². The number of halogens is 2. The zero-order valence-corrected chi connectivity index (χ0v) is 21.2. The van der Waals surface area contributed by atoms with Crippen molar-refractivity contribution in [2.75, 3.05) is 5.32 Å². The maximum Gasteiger partial charge on any atom is 0.312 e. The van der Waals surface area contributed by atoms with Crippen molar-refractivity contribution < 1.29 is 14.8 Å². The molecule has 0 aliphatic rings. The van der Waals surface area contributed by atoms with Crippen LogP contribution < -0.4 is 10.7 Å². The molecule has 0 fully saturated rings. The number of phenolic OH excluding ortho intramolecular Hbond substituents is 1. The number of thioether (sulfide) groups is 1. The Morgan fingerprint density at radius 1 is 1.31 bits per heavy atom. The number of nitrogens with one attached hydrogen (secondary N) is 2. The fourth-order valence-corrected chi connectivity index (χ4v) is 4.13. The quantitative estimate of drug-likeness (QED) is 0.103. The number of anilines is 1. The van der Waals surface area contributed by atoms with Crippen molar-refractivity contribution in [3.63, 3.8) is 0 Å². The lowest BCUT2D eigenvalue weighted by Crippen LogP contribution is -2.27. The van der Waals surface area contributed by atoms with Crippen LogP contribution in [0.3, 0.4) is 0 Å². The second kappa shape index (κ2) is 12.4.